The second kappa shape index (κ2) is 10.3. The number of amides is 1. The van der Waals surface area contributed by atoms with Gasteiger partial charge in [-0.1, -0.05) is 0 Å². The summed E-state index contributed by atoms with van der Waals surface area (Å²) in [7, 11) is 0. The van der Waals surface area contributed by atoms with Crippen molar-refractivity contribution < 1.29 is 32.3 Å². The van der Waals surface area contributed by atoms with Crippen LogP contribution in [0.2, 0.25) is 0 Å². The molecular weight excluding hydrogens is 448 g/mol. The smallest absolute Gasteiger partial charge is 0.475 e. The molecule has 1 aromatic carbocycles. The summed E-state index contributed by atoms with van der Waals surface area (Å²) in [6, 6.07) is 6.30. The van der Waals surface area contributed by atoms with Gasteiger partial charge in [0.05, 0.1) is 24.0 Å². The maximum Gasteiger partial charge on any atom is 0.490 e. The van der Waals surface area contributed by atoms with Gasteiger partial charge in [-0.3, -0.25) is 9.48 Å². The molecule has 178 valence electrons. The number of anilines is 1. The van der Waals surface area contributed by atoms with E-state index in [0.717, 1.165) is 11.4 Å². The van der Waals surface area contributed by atoms with E-state index in [-0.39, 0.29) is 11.9 Å². The van der Waals surface area contributed by atoms with Crippen LogP contribution in [-0.2, 0) is 11.3 Å². The first-order chi connectivity index (χ1) is 15.3. The number of nitrogens with one attached hydrogen (secondary N) is 1. The van der Waals surface area contributed by atoms with Gasteiger partial charge in [-0.05, 0) is 45.0 Å². The van der Waals surface area contributed by atoms with Crippen molar-refractivity contribution >= 4 is 17.6 Å². The minimum Gasteiger partial charge on any atom is -0.475 e. The number of aliphatic carboxylic acids is 1. The van der Waals surface area contributed by atoms with Crippen LogP contribution in [-0.4, -0.2) is 48.8 Å². The molecule has 0 saturated carbocycles. The molecule has 13 heteroatoms. The van der Waals surface area contributed by atoms with Gasteiger partial charge >= 0.3 is 12.1 Å². The van der Waals surface area contributed by atoms with Crippen molar-refractivity contribution in [1.29, 1.82) is 0 Å². The predicted molar refractivity (Wildman–Crippen MR) is 111 cm³/mol. The van der Waals surface area contributed by atoms with Crippen molar-refractivity contribution in [3.05, 3.63) is 59.4 Å². The van der Waals surface area contributed by atoms with Gasteiger partial charge in [0.15, 0.2) is 5.82 Å². The van der Waals surface area contributed by atoms with Crippen LogP contribution in [0.3, 0.4) is 0 Å². The van der Waals surface area contributed by atoms with Crippen molar-refractivity contribution in [2.75, 3.05) is 5.32 Å². The highest BCUT2D eigenvalue weighted by Gasteiger charge is 2.38. The first kappa shape index (κ1) is 25.5. The van der Waals surface area contributed by atoms with Crippen LogP contribution in [0.5, 0.6) is 0 Å². The third kappa shape index (κ3) is 7.14. The maximum atomic E-state index is 14.5. The molecule has 0 aliphatic rings. The number of nitrogens with two attached hydrogens (primary N) is 1. The number of nitrogens with zero attached hydrogens (tertiary/aromatic N) is 4. The summed E-state index contributed by atoms with van der Waals surface area (Å²) >= 11 is 0. The first-order valence-electron chi connectivity index (χ1n) is 9.50. The Kier molecular flexibility index (Phi) is 7.93. The van der Waals surface area contributed by atoms with Gasteiger partial charge in [-0.2, -0.15) is 23.4 Å². The summed E-state index contributed by atoms with van der Waals surface area (Å²) in [5.74, 6) is -3.59. The van der Waals surface area contributed by atoms with Gasteiger partial charge in [-0.15, -0.1) is 0 Å². The number of aromatic nitrogens is 4. The average Bonchev–Trinajstić information content (AvgIpc) is 3.27. The Morgan fingerprint density at radius 2 is 1.88 bits per heavy atom. The number of aryl methyl sites for hydroxylation is 2. The van der Waals surface area contributed by atoms with Gasteiger partial charge in [0.2, 0.25) is 0 Å². The molecule has 0 aliphatic carbocycles. The van der Waals surface area contributed by atoms with Gasteiger partial charge < -0.3 is 16.2 Å². The first-order valence-corrected chi connectivity index (χ1v) is 9.50. The lowest BCUT2D eigenvalue weighted by molar-refractivity contribution is -0.192. The number of carbonyl (C=O) groups is 2. The molecule has 0 bridgehead atoms. The highest BCUT2D eigenvalue weighted by atomic mass is 19.4. The number of carboxylic acid groups (broad SMARTS) is 1. The summed E-state index contributed by atoms with van der Waals surface area (Å²) in [4.78, 5) is 21.2. The van der Waals surface area contributed by atoms with Crippen LogP contribution < -0.4 is 11.1 Å². The number of carboxylic acids is 1. The van der Waals surface area contributed by atoms with Gasteiger partial charge in [0, 0.05) is 23.6 Å². The Morgan fingerprint density at radius 3 is 2.36 bits per heavy atom. The molecule has 0 radical (unpaired) electrons. The number of rotatable bonds is 5. The van der Waals surface area contributed by atoms with Gasteiger partial charge in [0.1, 0.15) is 5.69 Å². The highest BCUT2D eigenvalue weighted by Crippen LogP contribution is 2.20. The molecule has 9 nitrogen and oxygen atoms in total. The maximum absolute atomic E-state index is 14.5. The zero-order chi connectivity index (χ0) is 24.9. The van der Waals surface area contributed by atoms with Crippen molar-refractivity contribution in [2.24, 2.45) is 5.73 Å². The van der Waals surface area contributed by atoms with E-state index >= 15 is 0 Å². The number of alkyl halides is 3. The molecule has 1 unspecified atom stereocenters. The summed E-state index contributed by atoms with van der Waals surface area (Å²) in [6.07, 6.45) is -2.02. The third-order valence-electron chi connectivity index (χ3n) is 4.06. The molecule has 1 atom stereocenters. The van der Waals surface area contributed by atoms with E-state index < -0.39 is 18.0 Å². The molecule has 3 rings (SSSR count). The van der Waals surface area contributed by atoms with Crippen molar-refractivity contribution in [2.45, 2.75) is 39.5 Å². The lowest BCUT2D eigenvalue weighted by atomic mass is 10.2. The van der Waals surface area contributed by atoms with E-state index in [9.17, 15) is 22.4 Å². The van der Waals surface area contributed by atoms with E-state index in [2.05, 4.69) is 15.5 Å². The predicted octanol–water partition coefficient (Wildman–Crippen LogP) is 3.06. The molecule has 2 heterocycles. The minimum absolute atomic E-state index is 0.0677. The molecule has 3 aromatic rings. The normalized spacial score (nSPS) is 12.0. The SMILES string of the molecule is Cc1cc(C)n(-c2ccc(NC(=O)c3cnn(CC(C)N)c3)cc2F)n1.O=C(O)C(F)(F)F. The van der Waals surface area contributed by atoms with Crippen molar-refractivity contribution in [3.8, 4) is 5.69 Å². The summed E-state index contributed by atoms with van der Waals surface area (Å²) in [5.41, 5.74) is 8.43. The molecule has 0 aliphatic heterocycles. The van der Waals surface area contributed by atoms with Crippen molar-refractivity contribution in [3.63, 3.8) is 0 Å². The lowest BCUT2D eigenvalue weighted by Gasteiger charge is -2.09. The average molecular weight is 470 g/mol. The molecule has 0 spiro atoms. The Labute approximate surface area is 185 Å². The Morgan fingerprint density at radius 1 is 1.24 bits per heavy atom. The van der Waals surface area contributed by atoms with E-state index in [1.165, 1.54) is 16.9 Å². The summed E-state index contributed by atoms with van der Waals surface area (Å²) < 4.78 is 49.4. The van der Waals surface area contributed by atoms with Crippen LogP contribution in [0.15, 0.2) is 36.7 Å². The van der Waals surface area contributed by atoms with E-state index in [1.807, 2.05) is 26.8 Å². The molecule has 0 fully saturated rings. The van der Waals surface area contributed by atoms with E-state index in [1.54, 1.807) is 23.0 Å². The van der Waals surface area contributed by atoms with Crippen LogP contribution in [0.25, 0.3) is 5.69 Å². The number of benzene rings is 1. The number of hydrogen-bond acceptors (Lipinski definition) is 5. The van der Waals surface area contributed by atoms with Crippen molar-refractivity contribution in [1.82, 2.24) is 19.6 Å². The van der Waals surface area contributed by atoms with Crippen LogP contribution in [0, 0.1) is 19.7 Å². The zero-order valence-electron chi connectivity index (χ0n) is 17.9. The standard InChI is InChI=1S/C18H21FN6O.C2HF3O2/c1-11(20)9-24-10-14(8-21-24)18(26)22-15-4-5-17(16(19)7-15)25-13(3)6-12(2)23-25;3-2(4,5)1(6)7/h4-8,10-11H,9,20H2,1-3H3,(H,22,26);(H,6,7). The van der Waals surface area contributed by atoms with Crippen LogP contribution >= 0.6 is 0 Å². The topological polar surface area (TPSA) is 128 Å². The third-order valence-corrected chi connectivity index (χ3v) is 4.06. The van der Waals surface area contributed by atoms with Gasteiger partial charge in [-0.25, -0.2) is 13.9 Å². The van der Waals surface area contributed by atoms with Crippen LogP contribution in [0.1, 0.15) is 28.7 Å². The zero-order valence-corrected chi connectivity index (χ0v) is 17.9. The van der Waals surface area contributed by atoms with E-state index in [4.69, 9.17) is 15.6 Å². The monoisotopic (exact) mass is 470 g/mol. The summed E-state index contributed by atoms with van der Waals surface area (Å²) in [5, 5.41) is 18.2. The molecule has 4 N–H and O–H groups in total. The number of hydrogen-bond donors (Lipinski definition) is 3. The number of carbonyl (C=O) groups excluding carboxylic acids is 1. The lowest BCUT2D eigenvalue weighted by Crippen LogP contribution is -2.22. The second-order valence-electron chi connectivity index (χ2n) is 7.19. The Hall–Kier alpha value is -3.74. The number of halogens is 4. The second-order valence-corrected chi connectivity index (χ2v) is 7.19. The quantitative estimate of drug-likeness (QED) is 0.492. The van der Waals surface area contributed by atoms with Crippen LogP contribution in [0.4, 0.5) is 23.2 Å². The molecule has 0 saturated heterocycles. The fourth-order valence-corrected chi connectivity index (χ4v) is 2.71. The Balaban J connectivity index is 0.000000479. The largest absolute Gasteiger partial charge is 0.490 e. The summed E-state index contributed by atoms with van der Waals surface area (Å²) in [6.45, 7) is 6.07. The van der Waals surface area contributed by atoms with Gasteiger partial charge in [0.25, 0.3) is 5.91 Å². The minimum atomic E-state index is -5.08. The Bertz CT molecular complexity index is 1140. The highest BCUT2D eigenvalue weighted by molar-refractivity contribution is 6.03. The van der Waals surface area contributed by atoms with E-state index in [0.29, 0.717) is 23.5 Å². The molecule has 33 heavy (non-hydrogen) atoms. The molecular formula is C20H22F4N6O3. The fourth-order valence-electron chi connectivity index (χ4n) is 2.71. The fraction of sp³-hybridized carbons (Fsp3) is 0.300. The molecule has 1 amide bonds. The molecule has 2 aromatic heterocycles.